The highest BCUT2D eigenvalue weighted by Gasteiger charge is 2.32. The zero-order valence-corrected chi connectivity index (χ0v) is 23.3. The maximum absolute atomic E-state index is 13.9. The standard InChI is InChI=1S/C29H33ClN2O5S/c1-20-16-32(21(2)18-33)29(34)27-11-7-6-10-26(27)25-9-5-4-8-22(25)19-37-28(20)17-31(3)38(35,36)24-14-12-23(30)13-15-24/h4-15,20-21,28,33H,16-19H2,1-3H3/t20-,21-,28-/m0/s1. The molecule has 202 valence electrons. The van der Waals surface area contributed by atoms with E-state index in [1.807, 2.05) is 49.4 Å². The number of hydrogen-bond acceptors (Lipinski definition) is 5. The molecule has 1 aliphatic heterocycles. The molecule has 1 heterocycles. The van der Waals surface area contributed by atoms with Crippen LogP contribution in [0, 0.1) is 5.92 Å². The second-order valence-corrected chi connectivity index (χ2v) is 12.2. The van der Waals surface area contributed by atoms with Crippen molar-refractivity contribution in [3.05, 3.63) is 88.9 Å². The molecule has 3 aromatic rings. The number of carbonyl (C=O) groups excluding carboxylic acids is 1. The average Bonchev–Trinajstić information content (AvgIpc) is 2.94. The van der Waals surface area contributed by atoms with Crippen LogP contribution in [-0.2, 0) is 21.4 Å². The highest BCUT2D eigenvalue weighted by molar-refractivity contribution is 7.89. The van der Waals surface area contributed by atoms with Crippen LogP contribution in [0.5, 0.6) is 0 Å². The van der Waals surface area contributed by atoms with Gasteiger partial charge in [-0.3, -0.25) is 4.79 Å². The second kappa shape index (κ2) is 12.0. The highest BCUT2D eigenvalue weighted by atomic mass is 35.5. The second-order valence-electron chi connectivity index (χ2n) is 9.76. The molecule has 3 atom stereocenters. The van der Waals surface area contributed by atoms with E-state index in [1.54, 1.807) is 30.0 Å². The van der Waals surface area contributed by atoms with Crippen LogP contribution >= 0.6 is 11.6 Å². The van der Waals surface area contributed by atoms with E-state index in [9.17, 15) is 18.3 Å². The number of ether oxygens (including phenoxy) is 1. The predicted octanol–water partition coefficient (Wildman–Crippen LogP) is 4.69. The topological polar surface area (TPSA) is 87.2 Å². The summed E-state index contributed by atoms with van der Waals surface area (Å²) >= 11 is 5.95. The largest absolute Gasteiger partial charge is 0.394 e. The van der Waals surface area contributed by atoms with E-state index in [-0.39, 0.29) is 43.0 Å². The van der Waals surface area contributed by atoms with Gasteiger partial charge in [0.2, 0.25) is 10.0 Å². The Bertz CT molecular complexity index is 1380. The lowest BCUT2D eigenvalue weighted by atomic mass is 9.94. The molecule has 0 saturated heterocycles. The molecule has 38 heavy (non-hydrogen) atoms. The number of fused-ring (bicyclic) bond motifs is 3. The molecule has 9 heteroatoms. The van der Waals surface area contributed by atoms with Crippen molar-refractivity contribution >= 4 is 27.5 Å². The third-order valence-electron chi connectivity index (χ3n) is 7.05. The molecule has 0 saturated carbocycles. The smallest absolute Gasteiger partial charge is 0.254 e. The van der Waals surface area contributed by atoms with Crippen LogP contribution in [0.4, 0.5) is 0 Å². The average molecular weight is 557 g/mol. The number of nitrogens with zero attached hydrogens (tertiary/aromatic N) is 2. The van der Waals surface area contributed by atoms with Crippen molar-refractivity contribution in [1.29, 1.82) is 0 Å². The molecule has 0 spiro atoms. The number of aliphatic hydroxyl groups excluding tert-OH is 1. The van der Waals surface area contributed by atoms with Crippen LogP contribution < -0.4 is 0 Å². The molecule has 1 N–H and O–H groups in total. The van der Waals surface area contributed by atoms with Gasteiger partial charge < -0.3 is 14.7 Å². The van der Waals surface area contributed by atoms with E-state index in [4.69, 9.17) is 16.3 Å². The normalized spacial score (nSPS) is 19.4. The van der Waals surface area contributed by atoms with Gasteiger partial charge in [0.25, 0.3) is 5.91 Å². The number of hydrogen-bond donors (Lipinski definition) is 1. The molecular formula is C29H33ClN2O5S. The van der Waals surface area contributed by atoms with Crippen molar-refractivity contribution in [2.75, 3.05) is 26.7 Å². The van der Waals surface area contributed by atoms with Gasteiger partial charge in [-0.2, -0.15) is 4.31 Å². The minimum absolute atomic E-state index is 0.0801. The highest BCUT2D eigenvalue weighted by Crippen LogP contribution is 2.31. The van der Waals surface area contributed by atoms with Crippen LogP contribution in [0.1, 0.15) is 29.8 Å². The molecule has 0 aromatic heterocycles. The summed E-state index contributed by atoms with van der Waals surface area (Å²) in [5, 5.41) is 10.4. The molecule has 0 aliphatic carbocycles. The molecule has 1 aliphatic rings. The van der Waals surface area contributed by atoms with Gasteiger partial charge in [-0.25, -0.2) is 8.42 Å². The number of likely N-dealkylation sites (N-methyl/N-ethyl adjacent to an activating group) is 1. The van der Waals surface area contributed by atoms with Gasteiger partial charge >= 0.3 is 0 Å². The summed E-state index contributed by atoms with van der Waals surface area (Å²) in [6.07, 6.45) is -0.530. The van der Waals surface area contributed by atoms with Gasteiger partial charge in [-0.1, -0.05) is 61.0 Å². The van der Waals surface area contributed by atoms with E-state index in [0.29, 0.717) is 10.6 Å². The fraction of sp³-hybridized carbons (Fsp3) is 0.345. The number of rotatable bonds is 6. The van der Waals surface area contributed by atoms with Gasteiger partial charge in [0, 0.05) is 36.6 Å². The number of halogens is 1. The van der Waals surface area contributed by atoms with Crippen LogP contribution in [0.15, 0.2) is 77.7 Å². The molecule has 1 amide bonds. The lowest BCUT2D eigenvalue weighted by Gasteiger charge is -2.35. The summed E-state index contributed by atoms with van der Waals surface area (Å²) in [6.45, 7) is 4.15. The van der Waals surface area contributed by atoms with E-state index < -0.39 is 22.2 Å². The SMILES string of the molecule is C[C@H]1CN([C@@H](C)CO)C(=O)c2ccccc2-c2ccccc2CO[C@H]1CN(C)S(=O)(=O)c1ccc(Cl)cc1. The zero-order chi connectivity index (χ0) is 27.4. The molecular weight excluding hydrogens is 524 g/mol. The van der Waals surface area contributed by atoms with Gasteiger partial charge in [-0.05, 0) is 53.9 Å². The number of aliphatic hydroxyl groups is 1. The lowest BCUT2D eigenvalue weighted by molar-refractivity contribution is -0.0146. The first-order valence-corrected chi connectivity index (χ1v) is 14.4. The Morgan fingerprint density at radius 2 is 1.63 bits per heavy atom. The van der Waals surface area contributed by atoms with Crippen molar-refractivity contribution in [2.24, 2.45) is 5.92 Å². The minimum Gasteiger partial charge on any atom is -0.394 e. The lowest BCUT2D eigenvalue weighted by Crippen LogP contribution is -2.47. The summed E-state index contributed by atoms with van der Waals surface area (Å²) in [5.74, 6) is -0.431. The summed E-state index contributed by atoms with van der Waals surface area (Å²) in [5.41, 5.74) is 3.12. The maximum Gasteiger partial charge on any atom is 0.254 e. The summed E-state index contributed by atoms with van der Waals surface area (Å²) < 4.78 is 34.3. The first kappa shape index (κ1) is 28.3. The molecule has 0 bridgehead atoms. The Morgan fingerprint density at radius 1 is 1.03 bits per heavy atom. The number of carbonyl (C=O) groups is 1. The Morgan fingerprint density at radius 3 is 2.29 bits per heavy atom. The first-order chi connectivity index (χ1) is 18.1. The predicted molar refractivity (Wildman–Crippen MR) is 148 cm³/mol. The number of sulfonamides is 1. The summed E-state index contributed by atoms with van der Waals surface area (Å²) in [4.78, 5) is 15.7. The maximum atomic E-state index is 13.9. The van der Waals surface area contributed by atoms with Crippen molar-refractivity contribution in [1.82, 2.24) is 9.21 Å². The van der Waals surface area contributed by atoms with Crippen molar-refractivity contribution < 1.29 is 23.1 Å². The van der Waals surface area contributed by atoms with Gasteiger partial charge in [-0.15, -0.1) is 0 Å². The Balaban J connectivity index is 1.73. The van der Waals surface area contributed by atoms with Gasteiger partial charge in [0.15, 0.2) is 0 Å². The summed E-state index contributed by atoms with van der Waals surface area (Å²) in [7, 11) is -2.28. The molecule has 7 nitrogen and oxygen atoms in total. The first-order valence-electron chi connectivity index (χ1n) is 12.6. The molecule has 4 rings (SSSR count). The fourth-order valence-electron chi connectivity index (χ4n) is 4.69. The molecule has 0 radical (unpaired) electrons. The van der Waals surface area contributed by atoms with Crippen molar-refractivity contribution in [3.63, 3.8) is 0 Å². The third kappa shape index (κ3) is 5.95. The van der Waals surface area contributed by atoms with E-state index in [1.165, 1.54) is 23.5 Å². The summed E-state index contributed by atoms with van der Waals surface area (Å²) in [6, 6.07) is 20.8. The Labute approximate surface area is 229 Å². The monoisotopic (exact) mass is 556 g/mol. The van der Waals surface area contributed by atoms with Crippen LogP contribution in [-0.4, -0.2) is 67.5 Å². The van der Waals surface area contributed by atoms with Gasteiger partial charge in [0.05, 0.1) is 30.3 Å². The number of benzene rings is 3. The van der Waals surface area contributed by atoms with Crippen LogP contribution in [0.2, 0.25) is 5.02 Å². The fourth-order valence-corrected chi connectivity index (χ4v) is 6.00. The van der Waals surface area contributed by atoms with E-state index in [0.717, 1.165) is 16.7 Å². The van der Waals surface area contributed by atoms with Crippen molar-refractivity contribution in [3.8, 4) is 11.1 Å². The minimum atomic E-state index is -3.80. The van der Waals surface area contributed by atoms with Crippen LogP contribution in [0.25, 0.3) is 11.1 Å². The van der Waals surface area contributed by atoms with Crippen molar-refractivity contribution in [2.45, 2.75) is 37.5 Å². The van der Waals surface area contributed by atoms with Gasteiger partial charge in [0.1, 0.15) is 0 Å². The zero-order valence-electron chi connectivity index (χ0n) is 21.7. The van der Waals surface area contributed by atoms with Crippen LogP contribution in [0.3, 0.4) is 0 Å². The Hall–Kier alpha value is -2.75. The molecule has 0 fully saturated rings. The van der Waals surface area contributed by atoms with E-state index >= 15 is 0 Å². The van der Waals surface area contributed by atoms with E-state index in [2.05, 4.69) is 0 Å². The molecule has 3 aromatic carbocycles. The third-order valence-corrected chi connectivity index (χ3v) is 9.14. The quantitative estimate of drug-likeness (QED) is 0.476. The molecule has 0 unspecified atom stereocenters. The number of amides is 1. The Kier molecular flexibility index (Phi) is 8.90.